The summed E-state index contributed by atoms with van der Waals surface area (Å²) in [5.41, 5.74) is 1.15. The highest BCUT2D eigenvalue weighted by atomic mass is 16.4. The van der Waals surface area contributed by atoms with Crippen molar-refractivity contribution in [1.82, 2.24) is 15.1 Å². The van der Waals surface area contributed by atoms with Crippen molar-refractivity contribution in [2.75, 3.05) is 38.0 Å². The Morgan fingerprint density at radius 1 is 1.00 bits per heavy atom. The number of carboxylic acid groups (broad SMARTS) is 1. The Morgan fingerprint density at radius 2 is 1.60 bits per heavy atom. The standard InChI is InChI=1S/C17H22N4O4/c22-15(20-7-9-21(10-8-20)17(24)25)13-3-5-14(6-4-13)19-16(23)18-11-12-1-2-12/h3-6,12H,1-2,7-11H2,(H,24,25)(H2,18,19,23). The highest BCUT2D eigenvalue weighted by Gasteiger charge is 2.24. The van der Waals surface area contributed by atoms with Crippen molar-refractivity contribution in [3.05, 3.63) is 29.8 Å². The Balaban J connectivity index is 1.50. The molecule has 1 aliphatic carbocycles. The number of nitrogens with one attached hydrogen (secondary N) is 2. The molecule has 8 heteroatoms. The van der Waals surface area contributed by atoms with Crippen molar-refractivity contribution in [2.24, 2.45) is 5.92 Å². The lowest BCUT2D eigenvalue weighted by Gasteiger charge is -2.33. The van der Waals surface area contributed by atoms with Crippen LogP contribution < -0.4 is 10.6 Å². The van der Waals surface area contributed by atoms with Crippen LogP contribution in [-0.4, -0.2) is 65.7 Å². The molecule has 1 saturated carbocycles. The van der Waals surface area contributed by atoms with E-state index in [1.54, 1.807) is 29.2 Å². The van der Waals surface area contributed by atoms with Gasteiger partial charge in [-0.1, -0.05) is 0 Å². The highest BCUT2D eigenvalue weighted by molar-refractivity contribution is 5.95. The van der Waals surface area contributed by atoms with Crippen LogP contribution in [-0.2, 0) is 0 Å². The Kier molecular flexibility index (Phi) is 5.06. The summed E-state index contributed by atoms with van der Waals surface area (Å²) in [4.78, 5) is 38.0. The van der Waals surface area contributed by atoms with Gasteiger partial charge in [-0.05, 0) is 43.0 Å². The number of piperazine rings is 1. The van der Waals surface area contributed by atoms with Gasteiger partial charge in [-0.25, -0.2) is 9.59 Å². The molecule has 1 aromatic carbocycles. The number of hydrogen-bond acceptors (Lipinski definition) is 3. The van der Waals surface area contributed by atoms with Crippen LogP contribution in [0.15, 0.2) is 24.3 Å². The van der Waals surface area contributed by atoms with Gasteiger partial charge in [-0.3, -0.25) is 4.79 Å². The largest absolute Gasteiger partial charge is 0.465 e. The molecule has 0 unspecified atom stereocenters. The van der Waals surface area contributed by atoms with E-state index in [1.165, 1.54) is 17.7 Å². The van der Waals surface area contributed by atoms with E-state index in [-0.39, 0.29) is 11.9 Å². The summed E-state index contributed by atoms with van der Waals surface area (Å²) in [5.74, 6) is 0.488. The molecule has 4 amide bonds. The van der Waals surface area contributed by atoms with E-state index < -0.39 is 6.09 Å². The first kappa shape index (κ1) is 17.1. The fourth-order valence-electron chi connectivity index (χ4n) is 2.71. The summed E-state index contributed by atoms with van der Waals surface area (Å²) in [7, 11) is 0. The molecule has 2 aliphatic rings. The fraction of sp³-hybridized carbons (Fsp3) is 0.471. The first-order chi connectivity index (χ1) is 12.0. The minimum absolute atomic E-state index is 0.130. The first-order valence-corrected chi connectivity index (χ1v) is 8.45. The molecular weight excluding hydrogens is 324 g/mol. The molecular formula is C17H22N4O4. The predicted molar refractivity (Wildman–Crippen MR) is 91.7 cm³/mol. The van der Waals surface area contributed by atoms with E-state index >= 15 is 0 Å². The summed E-state index contributed by atoms with van der Waals surface area (Å²) in [5, 5.41) is 14.5. The predicted octanol–water partition coefficient (Wildman–Crippen LogP) is 1.65. The van der Waals surface area contributed by atoms with Gasteiger partial charge in [0.25, 0.3) is 5.91 Å². The second-order valence-corrected chi connectivity index (χ2v) is 6.42. The van der Waals surface area contributed by atoms with Crippen molar-refractivity contribution in [2.45, 2.75) is 12.8 Å². The van der Waals surface area contributed by atoms with Gasteiger partial charge in [-0.15, -0.1) is 0 Å². The Labute approximate surface area is 145 Å². The molecule has 1 saturated heterocycles. The average molecular weight is 346 g/mol. The van der Waals surface area contributed by atoms with Gasteiger partial charge >= 0.3 is 12.1 Å². The van der Waals surface area contributed by atoms with Crippen molar-refractivity contribution < 1.29 is 19.5 Å². The number of hydrogen-bond donors (Lipinski definition) is 3. The monoisotopic (exact) mass is 346 g/mol. The van der Waals surface area contributed by atoms with E-state index in [2.05, 4.69) is 10.6 Å². The number of amides is 4. The van der Waals surface area contributed by atoms with Crippen LogP contribution in [0.3, 0.4) is 0 Å². The van der Waals surface area contributed by atoms with Crippen molar-refractivity contribution in [1.29, 1.82) is 0 Å². The molecule has 0 atom stereocenters. The van der Waals surface area contributed by atoms with Gasteiger partial charge in [0.1, 0.15) is 0 Å². The number of carbonyl (C=O) groups excluding carboxylic acids is 2. The molecule has 0 spiro atoms. The summed E-state index contributed by atoms with van der Waals surface area (Å²) in [6.07, 6.45) is 1.40. The van der Waals surface area contributed by atoms with Crippen LogP contribution >= 0.6 is 0 Å². The quantitative estimate of drug-likeness (QED) is 0.771. The third kappa shape index (κ3) is 4.62. The van der Waals surface area contributed by atoms with E-state index in [9.17, 15) is 14.4 Å². The first-order valence-electron chi connectivity index (χ1n) is 8.45. The Morgan fingerprint density at radius 3 is 2.16 bits per heavy atom. The minimum Gasteiger partial charge on any atom is -0.465 e. The van der Waals surface area contributed by atoms with Gasteiger partial charge in [0.2, 0.25) is 0 Å². The van der Waals surface area contributed by atoms with Gasteiger partial charge < -0.3 is 25.5 Å². The number of carbonyl (C=O) groups is 3. The molecule has 3 rings (SSSR count). The van der Waals surface area contributed by atoms with Crippen LogP contribution in [0.1, 0.15) is 23.2 Å². The van der Waals surface area contributed by atoms with Gasteiger partial charge in [-0.2, -0.15) is 0 Å². The minimum atomic E-state index is -0.956. The van der Waals surface area contributed by atoms with Crippen LogP contribution in [0.5, 0.6) is 0 Å². The normalized spacial score (nSPS) is 17.1. The summed E-state index contributed by atoms with van der Waals surface area (Å²) >= 11 is 0. The smallest absolute Gasteiger partial charge is 0.407 e. The van der Waals surface area contributed by atoms with Crippen LogP contribution in [0.4, 0.5) is 15.3 Å². The average Bonchev–Trinajstić information content (AvgIpc) is 3.44. The molecule has 0 bridgehead atoms. The van der Waals surface area contributed by atoms with Gasteiger partial charge in [0.15, 0.2) is 0 Å². The second-order valence-electron chi connectivity index (χ2n) is 6.42. The van der Waals surface area contributed by atoms with E-state index in [0.29, 0.717) is 49.9 Å². The molecule has 8 nitrogen and oxygen atoms in total. The third-order valence-electron chi connectivity index (χ3n) is 4.48. The SMILES string of the molecule is O=C(NCC1CC1)Nc1ccc(C(=O)N2CCN(C(=O)O)CC2)cc1. The van der Waals surface area contributed by atoms with Crippen LogP contribution in [0.2, 0.25) is 0 Å². The van der Waals surface area contributed by atoms with Gasteiger partial charge in [0.05, 0.1) is 0 Å². The van der Waals surface area contributed by atoms with E-state index in [4.69, 9.17) is 5.11 Å². The molecule has 0 aromatic heterocycles. The van der Waals surface area contributed by atoms with Crippen molar-refractivity contribution in [3.63, 3.8) is 0 Å². The maximum atomic E-state index is 12.5. The third-order valence-corrected chi connectivity index (χ3v) is 4.48. The fourth-order valence-corrected chi connectivity index (χ4v) is 2.71. The van der Waals surface area contributed by atoms with Crippen molar-refractivity contribution >= 4 is 23.7 Å². The number of benzene rings is 1. The van der Waals surface area contributed by atoms with E-state index in [1.807, 2.05) is 0 Å². The number of rotatable bonds is 4. The molecule has 25 heavy (non-hydrogen) atoms. The number of urea groups is 1. The lowest BCUT2D eigenvalue weighted by atomic mass is 10.1. The molecule has 2 fully saturated rings. The van der Waals surface area contributed by atoms with Gasteiger partial charge in [0, 0.05) is 44.0 Å². The molecule has 1 aliphatic heterocycles. The zero-order valence-electron chi connectivity index (χ0n) is 13.9. The zero-order chi connectivity index (χ0) is 17.8. The Hall–Kier alpha value is -2.77. The zero-order valence-corrected chi connectivity index (χ0v) is 13.9. The molecule has 1 heterocycles. The molecule has 134 valence electrons. The number of nitrogens with zero attached hydrogens (tertiary/aromatic N) is 2. The summed E-state index contributed by atoms with van der Waals surface area (Å²) in [6.45, 7) is 2.11. The number of anilines is 1. The lowest BCUT2D eigenvalue weighted by Crippen LogP contribution is -2.50. The molecule has 0 radical (unpaired) electrons. The van der Waals surface area contributed by atoms with E-state index in [0.717, 1.165) is 0 Å². The maximum Gasteiger partial charge on any atom is 0.407 e. The second kappa shape index (κ2) is 7.42. The Bertz CT molecular complexity index is 649. The maximum absolute atomic E-state index is 12.5. The van der Waals surface area contributed by atoms with Crippen molar-refractivity contribution in [3.8, 4) is 0 Å². The molecule has 1 aromatic rings. The van der Waals surface area contributed by atoms with Crippen LogP contribution in [0.25, 0.3) is 0 Å². The van der Waals surface area contributed by atoms with Crippen LogP contribution in [0, 0.1) is 5.92 Å². The summed E-state index contributed by atoms with van der Waals surface area (Å²) in [6, 6.07) is 6.48. The lowest BCUT2D eigenvalue weighted by molar-refractivity contribution is 0.0625. The topological polar surface area (TPSA) is 102 Å². The highest BCUT2D eigenvalue weighted by Crippen LogP contribution is 2.27. The summed E-state index contributed by atoms with van der Waals surface area (Å²) < 4.78 is 0. The molecule has 3 N–H and O–H groups in total.